The topological polar surface area (TPSA) is 64.3 Å². The molecule has 0 fully saturated rings. The van der Waals surface area contributed by atoms with E-state index in [0.29, 0.717) is 6.54 Å². The van der Waals surface area contributed by atoms with E-state index in [2.05, 4.69) is 50.0 Å². The largest absolute Gasteiger partial charge is 0.357 e. The first-order chi connectivity index (χ1) is 11.3. The molecule has 0 radical (unpaired) electrons. The number of H-pyrrole nitrogens is 1. The Morgan fingerprint density at radius 3 is 3.00 bits per heavy atom. The highest BCUT2D eigenvalue weighted by atomic mass is 15.4. The van der Waals surface area contributed by atoms with Gasteiger partial charge in [0.05, 0.1) is 12.7 Å². The fourth-order valence-corrected chi connectivity index (χ4v) is 2.84. The predicted octanol–water partition coefficient (Wildman–Crippen LogP) is 3.08. The van der Waals surface area contributed by atoms with E-state index in [1.807, 2.05) is 35.4 Å². The van der Waals surface area contributed by atoms with Gasteiger partial charge < -0.3 is 9.55 Å². The Balaban J connectivity index is 1.59. The van der Waals surface area contributed by atoms with Crippen LogP contribution < -0.4 is 0 Å². The normalized spacial score (nSPS) is 11.3. The van der Waals surface area contributed by atoms with E-state index in [9.17, 15) is 0 Å². The lowest BCUT2D eigenvalue weighted by Crippen LogP contribution is -2.00. The second kappa shape index (κ2) is 5.72. The molecule has 0 bridgehead atoms. The molecule has 0 aliphatic carbocycles. The highest BCUT2D eigenvalue weighted by molar-refractivity contribution is 5.80. The summed E-state index contributed by atoms with van der Waals surface area (Å²) in [7, 11) is 0. The van der Waals surface area contributed by atoms with E-state index in [1.165, 1.54) is 5.39 Å². The molecule has 0 aliphatic heterocycles. The summed E-state index contributed by atoms with van der Waals surface area (Å²) in [4.78, 5) is 7.81. The Labute approximate surface area is 133 Å². The molecule has 1 N–H and O–H groups in total. The van der Waals surface area contributed by atoms with Gasteiger partial charge in [0.25, 0.3) is 0 Å². The van der Waals surface area contributed by atoms with Gasteiger partial charge in [0.2, 0.25) is 0 Å². The monoisotopic (exact) mass is 306 g/mol. The molecule has 116 valence electrons. The van der Waals surface area contributed by atoms with Gasteiger partial charge in [0.1, 0.15) is 5.69 Å². The summed E-state index contributed by atoms with van der Waals surface area (Å²) in [6.07, 6.45) is 6.80. The average molecular weight is 306 g/mol. The number of aryl methyl sites for hydroxylation is 1. The van der Waals surface area contributed by atoms with Crippen molar-refractivity contribution < 1.29 is 0 Å². The van der Waals surface area contributed by atoms with Crippen LogP contribution in [0, 0.1) is 0 Å². The second-order valence-corrected chi connectivity index (χ2v) is 5.63. The Bertz CT molecular complexity index is 896. The zero-order valence-electron chi connectivity index (χ0n) is 13.0. The molecule has 6 heteroatoms. The third kappa shape index (κ3) is 2.63. The maximum Gasteiger partial charge on any atom is 0.162 e. The fraction of sp³-hybridized carbons (Fsp3) is 0.235. The Morgan fingerprint density at radius 1 is 1.22 bits per heavy atom. The van der Waals surface area contributed by atoms with Gasteiger partial charge in [-0.2, -0.15) is 0 Å². The molecule has 0 amide bonds. The number of nitrogens with zero attached hydrogens (tertiary/aromatic N) is 5. The summed E-state index contributed by atoms with van der Waals surface area (Å²) >= 11 is 0. The van der Waals surface area contributed by atoms with E-state index in [1.54, 1.807) is 0 Å². The molecule has 4 rings (SSSR count). The van der Waals surface area contributed by atoms with Gasteiger partial charge in [-0.05, 0) is 23.9 Å². The molecule has 3 aromatic heterocycles. The van der Waals surface area contributed by atoms with Crippen LogP contribution in [0.4, 0.5) is 0 Å². The minimum atomic E-state index is 0.663. The summed E-state index contributed by atoms with van der Waals surface area (Å²) < 4.78 is 3.95. The molecule has 0 aliphatic rings. The molecular formula is C17H18N6. The number of fused-ring (bicyclic) bond motifs is 1. The van der Waals surface area contributed by atoms with Gasteiger partial charge in [-0.1, -0.05) is 30.3 Å². The summed E-state index contributed by atoms with van der Waals surface area (Å²) in [5.41, 5.74) is 3.06. The van der Waals surface area contributed by atoms with E-state index < -0.39 is 0 Å². The molecule has 6 nitrogen and oxygen atoms in total. The lowest BCUT2D eigenvalue weighted by molar-refractivity contribution is 0.641. The van der Waals surface area contributed by atoms with Gasteiger partial charge in [0, 0.05) is 30.1 Å². The van der Waals surface area contributed by atoms with E-state index in [-0.39, 0.29) is 0 Å². The Morgan fingerprint density at radius 2 is 2.13 bits per heavy atom. The lowest BCUT2D eigenvalue weighted by Gasteiger charge is -2.02. The summed E-state index contributed by atoms with van der Waals surface area (Å²) in [5, 5.41) is 9.71. The predicted molar refractivity (Wildman–Crippen MR) is 88.9 cm³/mol. The minimum Gasteiger partial charge on any atom is -0.357 e. The number of rotatable bonds is 5. The fourth-order valence-electron chi connectivity index (χ4n) is 2.84. The van der Waals surface area contributed by atoms with Crippen molar-refractivity contribution in [2.24, 2.45) is 0 Å². The van der Waals surface area contributed by atoms with Crippen LogP contribution in [-0.2, 0) is 13.1 Å². The quantitative estimate of drug-likeness (QED) is 0.616. The highest BCUT2D eigenvalue weighted by Crippen LogP contribution is 2.17. The summed E-state index contributed by atoms with van der Waals surface area (Å²) in [6.45, 7) is 3.75. The first-order valence-electron chi connectivity index (χ1n) is 7.82. The maximum atomic E-state index is 4.40. The van der Waals surface area contributed by atoms with Gasteiger partial charge in [-0.15, -0.1) is 5.10 Å². The van der Waals surface area contributed by atoms with E-state index >= 15 is 0 Å². The minimum absolute atomic E-state index is 0.663. The van der Waals surface area contributed by atoms with Crippen molar-refractivity contribution in [1.82, 2.24) is 29.5 Å². The number of hydrogen-bond acceptors (Lipinski definition) is 3. The number of hydrogen-bond donors (Lipinski definition) is 1. The van der Waals surface area contributed by atoms with E-state index in [0.717, 1.165) is 35.7 Å². The van der Waals surface area contributed by atoms with Crippen LogP contribution in [0.15, 0.2) is 48.9 Å². The number of para-hydroxylation sites is 1. The molecule has 0 spiro atoms. The number of benzene rings is 1. The third-order valence-corrected chi connectivity index (χ3v) is 3.87. The van der Waals surface area contributed by atoms with Crippen molar-refractivity contribution >= 4 is 10.9 Å². The van der Waals surface area contributed by atoms with Crippen LogP contribution in [0.25, 0.3) is 22.4 Å². The maximum absolute atomic E-state index is 4.40. The SMILES string of the molecule is CCCn1ccnc1-c1cn(Cc2cc3ccccc3[nH]2)nn1. The average Bonchev–Trinajstić information content (AvgIpc) is 3.26. The Kier molecular flexibility index (Phi) is 3.42. The van der Waals surface area contributed by atoms with Gasteiger partial charge >= 0.3 is 0 Å². The first kappa shape index (κ1) is 13.8. The van der Waals surface area contributed by atoms with Crippen LogP contribution in [0.3, 0.4) is 0 Å². The molecule has 3 heterocycles. The summed E-state index contributed by atoms with van der Waals surface area (Å²) in [5.74, 6) is 0.870. The molecule has 4 aromatic rings. The zero-order chi connectivity index (χ0) is 15.6. The molecule has 0 saturated heterocycles. The molecule has 23 heavy (non-hydrogen) atoms. The number of imidazole rings is 1. The van der Waals surface area contributed by atoms with Crippen molar-refractivity contribution in [1.29, 1.82) is 0 Å². The molecule has 0 saturated carbocycles. The van der Waals surface area contributed by atoms with Crippen molar-refractivity contribution in [3.8, 4) is 11.5 Å². The Hall–Kier alpha value is -2.89. The number of aromatic nitrogens is 6. The van der Waals surface area contributed by atoms with Crippen molar-refractivity contribution in [2.75, 3.05) is 0 Å². The van der Waals surface area contributed by atoms with Crippen LogP contribution in [0.2, 0.25) is 0 Å². The van der Waals surface area contributed by atoms with E-state index in [4.69, 9.17) is 0 Å². The summed E-state index contributed by atoms with van der Waals surface area (Å²) in [6, 6.07) is 10.4. The van der Waals surface area contributed by atoms with Crippen LogP contribution in [0.1, 0.15) is 19.0 Å². The zero-order valence-corrected chi connectivity index (χ0v) is 13.0. The molecular weight excluding hydrogens is 288 g/mol. The standard InChI is InChI=1S/C17H18N6/c1-2-8-22-9-7-18-17(22)16-12-23(21-20-16)11-14-10-13-5-3-4-6-15(13)19-14/h3-7,9-10,12,19H,2,8,11H2,1H3. The van der Waals surface area contributed by atoms with Gasteiger partial charge in [0.15, 0.2) is 5.82 Å². The number of nitrogens with one attached hydrogen (secondary N) is 1. The molecule has 0 atom stereocenters. The lowest BCUT2D eigenvalue weighted by atomic mass is 10.2. The first-order valence-corrected chi connectivity index (χ1v) is 7.82. The van der Waals surface area contributed by atoms with Crippen molar-refractivity contribution in [3.05, 3.63) is 54.6 Å². The highest BCUT2D eigenvalue weighted by Gasteiger charge is 2.10. The van der Waals surface area contributed by atoms with Gasteiger partial charge in [-0.25, -0.2) is 9.67 Å². The second-order valence-electron chi connectivity index (χ2n) is 5.63. The van der Waals surface area contributed by atoms with Crippen LogP contribution in [0.5, 0.6) is 0 Å². The number of aromatic amines is 1. The van der Waals surface area contributed by atoms with Gasteiger partial charge in [-0.3, -0.25) is 0 Å². The van der Waals surface area contributed by atoms with Crippen molar-refractivity contribution in [2.45, 2.75) is 26.4 Å². The van der Waals surface area contributed by atoms with Crippen molar-refractivity contribution in [3.63, 3.8) is 0 Å². The van der Waals surface area contributed by atoms with Crippen LogP contribution in [-0.4, -0.2) is 29.5 Å². The third-order valence-electron chi connectivity index (χ3n) is 3.87. The molecule has 0 unspecified atom stereocenters. The smallest absolute Gasteiger partial charge is 0.162 e. The molecule has 1 aromatic carbocycles. The van der Waals surface area contributed by atoms with Crippen LogP contribution >= 0.6 is 0 Å².